The van der Waals surface area contributed by atoms with E-state index in [0.29, 0.717) is 24.8 Å². The highest BCUT2D eigenvalue weighted by Crippen LogP contribution is 2.29. The highest BCUT2D eigenvalue weighted by Gasteiger charge is 2.34. The zero-order chi connectivity index (χ0) is 18.0. The average Bonchev–Trinajstić information content (AvgIpc) is 3.11. The van der Waals surface area contributed by atoms with Gasteiger partial charge in [0.15, 0.2) is 11.6 Å². The molecular weight excluding hydrogens is 314 g/mol. The van der Waals surface area contributed by atoms with Crippen molar-refractivity contribution in [2.45, 2.75) is 46.5 Å². The number of hydrogen-bond donors (Lipinski definition) is 0. The molecule has 3 heterocycles. The Labute approximate surface area is 149 Å². The monoisotopic (exact) mass is 341 g/mol. The van der Waals surface area contributed by atoms with E-state index in [1.165, 1.54) is 0 Å². The number of rotatable bonds is 6. The van der Waals surface area contributed by atoms with E-state index in [-0.39, 0.29) is 11.8 Å². The minimum absolute atomic E-state index is 0.0710. The van der Waals surface area contributed by atoms with E-state index in [1.54, 1.807) is 6.20 Å². The largest absolute Gasteiger partial charge is 0.342 e. The summed E-state index contributed by atoms with van der Waals surface area (Å²) in [4.78, 5) is 23.5. The Morgan fingerprint density at radius 1 is 1.20 bits per heavy atom. The number of hydrogen-bond acceptors (Lipinski definition) is 4. The van der Waals surface area contributed by atoms with Crippen molar-refractivity contribution in [2.24, 2.45) is 11.8 Å². The highest BCUT2D eigenvalue weighted by atomic mass is 16.2. The lowest BCUT2D eigenvalue weighted by Crippen LogP contribution is -2.29. The maximum Gasteiger partial charge on any atom is 0.223 e. The summed E-state index contributed by atoms with van der Waals surface area (Å²) in [6.07, 6.45) is 3.08. The first-order valence-corrected chi connectivity index (χ1v) is 9.09. The van der Waals surface area contributed by atoms with Gasteiger partial charge in [0.1, 0.15) is 5.82 Å². The molecule has 1 aliphatic heterocycles. The fraction of sp³-hybridized carbons (Fsp3) is 0.579. The van der Waals surface area contributed by atoms with E-state index in [2.05, 4.69) is 37.8 Å². The second kappa shape index (κ2) is 7.33. The number of amides is 1. The predicted octanol–water partition coefficient (Wildman–Crippen LogP) is 2.83. The van der Waals surface area contributed by atoms with Gasteiger partial charge in [-0.1, -0.05) is 33.8 Å². The summed E-state index contributed by atoms with van der Waals surface area (Å²) in [7, 11) is 0. The summed E-state index contributed by atoms with van der Waals surface area (Å²) in [5.74, 6) is 3.67. The molecule has 0 unspecified atom stereocenters. The molecule has 1 aliphatic rings. The number of aromatic nitrogens is 4. The van der Waals surface area contributed by atoms with E-state index in [0.717, 1.165) is 30.4 Å². The Hall–Kier alpha value is -2.24. The van der Waals surface area contributed by atoms with Crippen molar-refractivity contribution >= 4 is 5.91 Å². The standard InChI is InChI=1S/C19H27N5O/c1-13(2)9-16-21-19(24(22-16)17-7-5-6-8-20-17)15-10-18(25)23(12-15)11-14(3)4/h5-8,13-15H,9-12H2,1-4H3/t15-/m0/s1. The van der Waals surface area contributed by atoms with Crippen LogP contribution in [0.3, 0.4) is 0 Å². The van der Waals surface area contributed by atoms with Crippen LogP contribution in [0.2, 0.25) is 0 Å². The van der Waals surface area contributed by atoms with Crippen LogP contribution >= 0.6 is 0 Å². The van der Waals surface area contributed by atoms with E-state index in [9.17, 15) is 4.79 Å². The van der Waals surface area contributed by atoms with E-state index in [1.807, 2.05) is 27.8 Å². The lowest BCUT2D eigenvalue weighted by atomic mass is 10.1. The molecule has 1 fully saturated rings. The number of pyridine rings is 1. The van der Waals surface area contributed by atoms with Crippen LogP contribution in [0, 0.1) is 11.8 Å². The summed E-state index contributed by atoms with van der Waals surface area (Å²) in [5.41, 5.74) is 0. The van der Waals surface area contributed by atoms with Gasteiger partial charge >= 0.3 is 0 Å². The molecule has 0 aliphatic carbocycles. The van der Waals surface area contributed by atoms with Crippen molar-refractivity contribution < 1.29 is 4.79 Å². The molecule has 25 heavy (non-hydrogen) atoms. The number of nitrogens with zero attached hydrogens (tertiary/aromatic N) is 5. The Kier molecular flexibility index (Phi) is 5.16. The summed E-state index contributed by atoms with van der Waals surface area (Å²) < 4.78 is 1.83. The maximum absolute atomic E-state index is 12.4. The molecule has 3 rings (SSSR count). The SMILES string of the molecule is CC(C)Cc1nc([C@H]2CC(=O)N(CC(C)C)C2)n(-c2ccccn2)n1. The van der Waals surface area contributed by atoms with Gasteiger partial charge in [-0.05, 0) is 24.0 Å². The third kappa shape index (κ3) is 4.06. The van der Waals surface area contributed by atoms with Crippen molar-refractivity contribution in [3.8, 4) is 5.82 Å². The van der Waals surface area contributed by atoms with Crippen molar-refractivity contribution in [1.29, 1.82) is 0 Å². The zero-order valence-corrected chi connectivity index (χ0v) is 15.5. The van der Waals surface area contributed by atoms with Gasteiger partial charge < -0.3 is 4.90 Å². The van der Waals surface area contributed by atoms with Crippen molar-refractivity contribution in [1.82, 2.24) is 24.6 Å². The quantitative estimate of drug-likeness (QED) is 0.810. The van der Waals surface area contributed by atoms with Crippen molar-refractivity contribution in [2.75, 3.05) is 13.1 Å². The van der Waals surface area contributed by atoms with Gasteiger partial charge in [0.2, 0.25) is 5.91 Å². The van der Waals surface area contributed by atoms with Gasteiger partial charge in [0, 0.05) is 38.0 Å². The molecular formula is C19H27N5O. The molecule has 0 saturated carbocycles. The lowest BCUT2D eigenvalue weighted by Gasteiger charge is -2.18. The first-order chi connectivity index (χ1) is 11.9. The first kappa shape index (κ1) is 17.6. The van der Waals surface area contributed by atoms with E-state index >= 15 is 0 Å². The fourth-order valence-electron chi connectivity index (χ4n) is 3.29. The third-order valence-corrected chi connectivity index (χ3v) is 4.30. The Balaban J connectivity index is 1.92. The minimum atomic E-state index is 0.0710. The second-order valence-corrected chi connectivity index (χ2v) is 7.68. The first-order valence-electron chi connectivity index (χ1n) is 9.09. The van der Waals surface area contributed by atoms with Crippen LogP contribution in [0.25, 0.3) is 5.82 Å². The molecule has 0 aromatic carbocycles. The van der Waals surface area contributed by atoms with E-state index in [4.69, 9.17) is 4.98 Å². The lowest BCUT2D eigenvalue weighted by molar-refractivity contribution is -0.128. The third-order valence-electron chi connectivity index (χ3n) is 4.30. The van der Waals surface area contributed by atoms with Gasteiger partial charge in [0.25, 0.3) is 0 Å². The van der Waals surface area contributed by atoms with Crippen LogP contribution in [-0.4, -0.2) is 43.6 Å². The summed E-state index contributed by atoms with van der Waals surface area (Å²) in [6.45, 7) is 10.1. The van der Waals surface area contributed by atoms with Crippen molar-refractivity contribution in [3.63, 3.8) is 0 Å². The van der Waals surface area contributed by atoms with Crippen LogP contribution in [0.5, 0.6) is 0 Å². The maximum atomic E-state index is 12.4. The molecule has 1 saturated heterocycles. The van der Waals surface area contributed by atoms with Crippen molar-refractivity contribution in [3.05, 3.63) is 36.0 Å². The average molecular weight is 341 g/mol. The summed E-state index contributed by atoms with van der Waals surface area (Å²) >= 11 is 0. The van der Waals surface area contributed by atoms with Gasteiger partial charge in [-0.15, -0.1) is 5.10 Å². The number of carbonyl (C=O) groups excluding carboxylic acids is 1. The van der Waals surface area contributed by atoms with Crippen LogP contribution in [0.4, 0.5) is 0 Å². The highest BCUT2D eigenvalue weighted by molar-refractivity contribution is 5.79. The van der Waals surface area contributed by atoms with Crippen LogP contribution in [-0.2, 0) is 11.2 Å². The number of likely N-dealkylation sites (tertiary alicyclic amines) is 1. The molecule has 6 nitrogen and oxygen atoms in total. The minimum Gasteiger partial charge on any atom is -0.342 e. The fourth-order valence-corrected chi connectivity index (χ4v) is 3.29. The van der Waals surface area contributed by atoms with Crippen LogP contribution < -0.4 is 0 Å². The van der Waals surface area contributed by atoms with Gasteiger partial charge in [-0.2, -0.15) is 4.68 Å². The molecule has 2 aromatic heterocycles. The smallest absolute Gasteiger partial charge is 0.223 e. The molecule has 1 amide bonds. The Bertz CT molecular complexity index is 723. The topological polar surface area (TPSA) is 63.9 Å². The van der Waals surface area contributed by atoms with Gasteiger partial charge in [-0.25, -0.2) is 9.97 Å². The summed E-state index contributed by atoms with van der Waals surface area (Å²) in [6, 6.07) is 5.76. The molecule has 0 bridgehead atoms. The molecule has 0 spiro atoms. The molecule has 0 N–H and O–H groups in total. The zero-order valence-electron chi connectivity index (χ0n) is 15.5. The summed E-state index contributed by atoms with van der Waals surface area (Å²) in [5, 5.41) is 4.69. The predicted molar refractivity (Wildman–Crippen MR) is 96.5 cm³/mol. The molecule has 0 radical (unpaired) electrons. The Morgan fingerprint density at radius 2 is 2.00 bits per heavy atom. The second-order valence-electron chi connectivity index (χ2n) is 7.68. The van der Waals surface area contributed by atoms with Gasteiger partial charge in [0.05, 0.1) is 0 Å². The molecule has 6 heteroatoms. The normalized spacial score (nSPS) is 17.9. The molecule has 134 valence electrons. The van der Waals surface area contributed by atoms with Crippen LogP contribution in [0.1, 0.15) is 51.7 Å². The molecule has 2 aromatic rings. The van der Waals surface area contributed by atoms with E-state index < -0.39 is 0 Å². The van der Waals surface area contributed by atoms with Gasteiger partial charge in [-0.3, -0.25) is 4.79 Å². The Morgan fingerprint density at radius 3 is 2.64 bits per heavy atom. The number of carbonyl (C=O) groups is 1. The van der Waals surface area contributed by atoms with Crippen LogP contribution in [0.15, 0.2) is 24.4 Å². The molecule has 1 atom stereocenters.